The van der Waals surface area contributed by atoms with E-state index in [-0.39, 0.29) is 12.7 Å². The van der Waals surface area contributed by atoms with Crippen molar-refractivity contribution in [3.05, 3.63) is 24.0 Å². The van der Waals surface area contributed by atoms with Crippen molar-refractivity contribution in [2.45, 2.75) is 45.1 Å². The summed E-state index contributed by atoms with van der Waals surface area (Å²) in [5.74, 6) is 2.60. The van der Waals surface area contributed by atoms with Gasteiger partial charge in [-0.3, -0.25) is 4.79 Å². The lowest BCUT2D eigenvalue weighted by Crippen LogP contribution is -2.49. The molecule has 0 atom stereocenters. The monoisotopic (exact) mass is 343 g/mol. The standard InChI is InChI=1S/C17H21N5O3/c1-11-5-7-17(8-6-11,18-12(2)23)16-19-20-21-22(16)13-3-4-14-15(9-13)25-10-24-14/h3-4,9,11H,5-8,10H2,1-2H3,(H,18,23). The summed E-state index contributed by atoms with van der Waals surface area (Å²) in [7, 11) is 0. The molecular weight excluding hydrogens is 322 g/mol. The lowest BCUT2D eigenvalue weighted by Gasteiger charge is -2.38. The van der Waals surface area contributed by atoms with Gasteiger partial charge in [0.15, 0.2) is 17.3 Å². The fourth-order valence-electron chi connectivity index (χ4n) is 3.67. The highest BCUT2D eigenvalue weighted by Gasteiger charge is 2.41. The third-order valence-electron chi connectivity index (χ3n) is 5.04. The molecule has 132 valence electrons. The van der Waals surface area contributed by atoms with Gasteiger partial charge in [-0.05, 0) is 54.2 Å². The van der Waals surface area contributed by atoms with Crippen LogP contribution in [0.4, 0.5) is 0 Å². The van der Waals surface area contributed by atoms with Crippen molar-refractivity contribution in [3.8, 4) is 17.2 Å². The van der Waals surface area contributed by atoms with Gasteiger partial charge < -0.3 is 14.8 Å². The highest BCUT2D eigenvalue weighted by molar-refractivity contribution is 5.74. The SMILES string of the molecule is CC(=O)NC1(c2nnnn2-c2ccc3c(c2)OCO3)CCC(C)CC1. The van der Waals surface area contributed by atoms with Crippen molar-refractivity contribution in [2.75, 3.05) is 6.79 Å². The van der Waals surface area contributed by atoms with E-state index in [1.165, 1.54) is 6.92 Å². The Balaban J connectivity index is 1.75. The maximum absolute atomic E-state index is 11.9. The van der Waals surface area contributed by atoms with Gasteiger partial charge in [0, 0.05) is 13.0 Å². The number of hydrogen-bond acceptors (Lipinski definition) is 6. The van der Waals surface area contributed by atoms with Crippen LogP contribution in [-0.2, 0) is 10.3 Å². The molecule has 1 fully saturated rings. The topological polar surface area (TPSA) is 91.2 Å². The lowest BCUT2D eigenvalue weighted by atomic mass is 9.76. The summed E-state index contributed by atoms with van der Waals surface area (Å²) in [5.41, 5.74) is 0.241. The van der Waals surface area contributed by atoms with Crippen LogP contribution in [-0.4, -0.2) is 32.9 Å². The Labute approximate surface area is 145 Å². The van der Waals surface area contributed by atoms with Gasteiger partial charge in [0.2, 0.25) is 12.7 Å². The van der Waals surface area contributed by atoms with Gasteiger partial charge in [-0.1, -0.05) is 6.92 Å². The van der Waals surface area contributed by atoms with E-state index in [0.29, 0.717) is 23.2 Å². The second-order valence-corrected chi connectivity index (χ2v) is 6.90. The molecule has 1 aromatic heterocycles. The van der Waals surface area contributed by atoms with Gasteiger partial charge in [-0.25, -0.2) is 0 Å². The van der Waals surface area contributed by atoms with E-state index in [1.807, 2.05) is 18.2 Å². The molecule has 0 bridgehead atoms. The largest absolute Gasteiger partial charge is 0.454 e. The minimum Gasteiger partial charge on any atom is -0.454 e. The molecular formula is C17H21N5O3. The van der Waals surface area contributed by atoms with Gasteiger partial charge in [-0.2, -0.15) is 4.68 Å². The highest BCUT2D eigenvalue weighted by Crippen LogP contribution is 2.40. The number of nitrogens with zero attached hydrogens (tertiary/aromatic N) is 4. The summed E-state index contributed by atoms with van der Waals surface area (Å²) in [4.78, 5) is 11.9. The molecule has 0 radical (unpaired) electrons. The number of tetrazole rings is 1. The predicted octanol–water partition coefficient (Wildman–Crippen LogP) is 1.93. The Morgan fingerprint density at radius 3 is 2.80 bits per heavy atom. The molecule has 1 amide bonds. The van der Waals surface area contributed by atoms with E-state index < -0.39 is 5.54 Å². The van der Waals surface area contributed by atoms with E-state index in [2.05, 4.69) is 27.8 Å². The molecule has 8 nitrogen and oxygen atoms in total. The minimum absolute atomic E-state index is 0.0743. The number of carbonyl (C=O) groups is 1. The van der Waals surface area contributed by atoms with Gasteiger partial charge in [0.05, 0.1) is 5.69 Å². The Morgan fingerprint density at radius 1 is 1.28 bits per heavy atom. The first-order valence-corrected chi connectivity index (χ1v) is 8.55. The molecule has 1 N–H and O–H groups in total. The number of aromatic nitrogens is 4. The molecule has 8 heteroatoms. The third kappa shape index (κ3) is 2.81. The fourth-order valence-corrected chi connectivity index (χ4v) is 3.67. The first kappa shape index (κ1) is 15.9. The molecule has 2 aliphatic rings. The molecule has 2 heterocycles. The Bertz CT molecular complexity index is 795. The zero-order valence-corrected chi connectivity index (χ0v) is 14.4. The average Bonchev–Trinajstić information content (AvgIpc) is 3.24. The van der Waals surface area contributed by atoms with Crippen LogP contribution in [0.25, 0.3) is 5.69 Å². The number of ether oxygens (including phenoxy) is 2. The number of rotatable bonds is 3. The van der Waals surface area contributed by atoms with E-state index in [9.17, 15) is 4.79 Å². The highest BCUT2D eigenvalue weighted by atomic mass is 16.7. The van der Waals surface area contributed by atoms with Crippen LogP contribution >= 0.6 is 0 Å². The number of benzene rings is 1. The second-order valence-electron chi connectivity index (χ2n) is 6.90. The van der Waals surface area contributed by atoms with Crippen molar-refractivity contribution < 1.29 is 14.3 Å². The Morgan fingerprint density at radius 2 is 2.04 bits per heavy atom. The normalized spacial score (nSPS) is 25.0. The average molecular weight is 343 g/mol. The van der Waals surface area contributed by atoms with Gasteiger partial charge in [0.1, 0.15) is 5.54 Å². The quantitative estimate of drug-likeness (QED) is 0.916. The fraction of sp³-hybridized carbons (Fsp3) is 0.529. The summed E-state index contributed by atoms with van der Waals surface area (Å²) in [5, 5.41) is 15.4. The molecule has 1 aliphatic carbocycles. The summed E-state index contributed by atoms with van der Waals surface area (Å²) >= 11 is 0. The van der Waals surface area contributed by atoms with Crippen LogP contribution < -0.4 is 14.8 Å². The van der Waals surface area contributed by atoms with Crippen LogP contribution in [0.2, 0.25) is 0 Å². The first-order chi connectivity index (χ1) is 12.1. The molecule has 0 unspecified atom stereocenters. The first-order valence-electron chi connectivity index (χ1n) is 8.55. The molecule has 2 aromatic rings. The van der Waals surface area contributed by atoms with Crippen molar-refractivity contribution in [1.82, 2.24) is 25.5 Å². The van der Waals surface area contributed by atoms with Crippen LogP contribution in [0.15, 0.2) is 18.2 Å². The van der Waals surface area contributed by atoms with Crippen LogP contribution in [0.1, 0.15) is 45.4 Å². The van der Waals surface area contributed by atoms with E-state index in [4.69, 9.17) is 9.47 Å². The van der Waals surface area contributed by atoms with Crippen LogP contribution in [0.3, 0.4) is 0 Å². The predicted molar refractivity (Wildman–Crippen MR) is 88.4 cm³/mol. The minimum atomic E-state index is -0.543. The van der Waals surface area contributed by atoms with E-state index >= 15 is 0 Å². The molecule has 0 spiro atoms. The Kier molecular flexibility index (Phi) is 3.82. The molecule has 4 rings (SSSR count). The number of fused-ring (bicyclic) bond motifs is 1. The maximum Gasteiger partial charge on any atom is 0.231 e. The molecule has 25 heavy (non-hydrogen) atoms. The van der Waals surface area contributed by atoms with Gasteiger partial charge in [0.25, 0.3) is 0 Å². The van der Waals surface area contributed by atoms with Gasteiger partial charge in [-0.15, -0.1) is 5.10 Å². The molecule has 1 aliphatic heterocycles. The van der Waals surface area contributed by atoms with Crippen molar-refractivity contribution in [3.63, 3.8) is 0 Å². The summed E-state index contributed by atoms with van der Waals surface area (Å²) in [6, 6.07) is 5.59. The summed E-state index contributed by atoms with van der Waals surface area (Å²) in [6.45, 7) is 3.99. The third-order valence-corrected chi connectivity index (χ3v) is 5.04. The van der Waals surface area contributed by atoms with Crippen molar-refractivity contribution in [1.29, 1.82) is 0 Å². The Hall–Kier alpha value is -2.64. The second kappa shape index (κ2) is 6.02. The van der Waals surface area contributed by atoms with Crippen molar-refractivity contribution >= 4 is 5.91 Å². The van der Waals surface area contributed by atoms with E-state index in [0.717, 1.165) is 31.4 Å². The zero-order valence-electron chi connectivity index (χ0n) is 14.4. The summed E-state index contributed by atoms with van der Waals surface area (Å²) < 4.78 is 12.5. The number of nitrogens with one attached hydrogen (secondary N) is 1. The lowest BCUT2D eigenvalue weighted by molar-refractivity contribution is -0.121. The van der Waals surface area contributed by atoms with Gasteiger partial charge >= 0.3 is 0 Å². The van der Waals surface area contributed by atoms with Crippen molar-refractivity contribution in [2.24, 2.45) is 5.92 Å². The van der Waals surface area contributed by atoms with Crippen LogP contribution in [0.5, 0.6) is 11.5 Å². The van der Waals surface area contributed by atoms with Crippen LogP contribution in [0, 0.1) is 5.92 Å². The smallest absolute Gasteiger partial charge is 0.231 e. The summed E-state index contributed by atoms with van der Waals surface area (Å²) in [6.07, 6.45) is 3.68. The molecule has 1 saturated carbocycles. The number of amides is 1. The zero-order chi connectivity index (χ0) is 17.4. The number of hydrogen-bond donors (Lipinski definition) is 1. The number of carbonyl (C=O) groups excluding carboxylic acids is 1. The maximum atomic E-state index is 11.9. The molecule has 0 saturated heterocycles. The van der Waals surface area contributed by atoms with E-state index in [1.54, 1.807) is 4.68 Å². The molecule has 1 aromatic carbocycles.